The van der Waals surface area contributed by atoms with Gasteiger partial charge >= 0.3 is 6.09 Å². The van der Waals surface area contributed by atoms with Crippen LogP contribution in [-0.2, 0) is 23.9 Å². The third-order valence-corrected chi connectivity index (χ3v) is 10.2. The second kappa shape index (κ2) is 16.6. The zero-order valence-corrected chi connectivity index (χ0v) is 30.0. The van der Waals surface area contributed by atoms with Crippen molar-refractivity contribution < 1.29 is 38.2 Å². The summed E-state index contributed by atoms with van der Waals surface area (Å²) in [4.78, 5) is 88.1. The van der Waals surface area contributed by atoms with Crippen LogP contribution < -0.4 is 20.7 Å². The molecular weight excluding hydrogens is 670 g/mol. The Bertz CT molecular complexity index is 1690. The number of carbonyl (C=O) groups is 6. The molecule has 2 aliphatic heterocycles. The molecule has 0 bridgehead atoms. The molecule has 0 spiro atoms. The fraction of sp³-hybridized carbons (Fsp3) is 0.595. The molecule has 15 nitrogen and oxygen atoms in total. The smallest absolute Gasteiger partial charge is 0.409 e. The topological polar surface area (TPSA) is 180 Å². The van der Waals surface area contributed by atoms with E-state index in [1.807, 2.05) is 19.1 Å². The van der Waals surface area contributed by atoms with Crippen LogP contribution in [0.1, 0.15) is 80.8 Å². The summed E-state index contributed by atoms with van der Waals surface area (Å²) < 4.78 is 11.2. The van der Waals surface area contributed by atoms with Gasteiger partial charge < -0.3 is 40.1 Å². The lowest BCUT2D eigenvalue weighted by atomic mass is 9.93. The summed E-state index contributed by atoms with van der Waals surface area (Å²) in [6.07, 6.45) is 5.83. The summed E-state index contributed by atoms with van der Waals surface area (Å²) in [5, 5.41) is 9.39. The maximum absolute atomic E-state index is 13.9. The first-order valence-corrected chi connectivity index (χ1v) is 18.5. The van der Waals surface area contributed by atoms with Crippen LogP contribution in [0.25, 0.3) is 10.9 Å². The van der Waals surface area contributed by atoms with Gasteiger partial charge in [-0.2, -0.15) is 0 Å². The number of aromatic nitrogens is 1. The molecule has 6 amide bonds. The predicted octanol–water partition coefficient (Wildman–Crippen LogP) is 2.04. The van der Waals surface area contributed by atoms with Gasteiger partial charge in [-0.25, -0.2) is 9.78 Å². The Hall–Kier alpha value is -4.95. The van der Waals surface area contributed by atoms with E-state index in [1.54, 1.807) is 22.8 Å². The number of hydrogen-bond acceptors (Lipinski definition) is 9. The first-order chi connectivity index (χ1) is 25.1. The number of pyridine rings is 1. The number of aryl methyl sites for hydroxylation is 1. The van der Waals surface area contributed by atoms with Crippen molar-refractivity contribution in [2.45, 2.75) is 95.8 Å². The molecule has 15 heteroatoms. The average molecular weight is 720 g/mol. The summed E-state index contributed by atoms with van der Waals surface area (Å²) in [5.41, 5.74) is 1.34. The Morgan fingerprint density at radius 1 is 0.885 bits per heavy atom. The SMILES string of the molecule is CCOC(=O)N1CCN(C(=O)[C@H](CCC(=O)NC2CC2)NC(=O)c2cc(OCC(=O)N3CCC[C@H]3C(=O)NC3CCC3)c3ccc(C)cc3n2)CC1. The molecule has 3 heterocycles. The van der Waals surface area contributed by atoms with Gasteiger partial charge in [-0.15, -0.1) is 0 Å². The van der Waals surface area contributed by atoms with Gasteiger partial charge in [0.2, 0.25) is 17.7 Å². The van der Waals surface area contributed by atoms with E-state index in [4.69, 9.17) is 9.47 Å². The van der Waals surface area contributed by atoms with E-state index in [0.29, 0.717) is 23.9 Å². The van der Waals surface area contributed by atoms with Crippen LogP contribution in [0.5, 0.6) is 5.75 Å². The monoisotopic (exact) mass is 719 g/mol. The van der Waals surface area contributed by atoms with Crippen LogP contribution >= 0.6 is 0 Å². The maximum atomic E-state index is 13.9. The zero-order valence-electron chi connectivity index (χ0n) is 30.0. The number of nitrogens with zero attached hydrogens (tertiary/aromatic N) is 4. The average Bonchev–Trinajstić information content (AvgIpc) is 3.79. The fourth-order valence-electron chi connectivity index (χ4n) is 6.79. The first kappa shape index (κ1) is 36.8. The van der Waals surface area contributed by atoms with Crippen molar-refractivity contribution in [3.05, 3.63) is 35.5 Å². The lowest BCUT2D eigenvalue weighted by Gasteiger charge is -2.36. The van der Waals surface area contributed by atoms with E-state index in [0.717, 1.165) is 44.1 Å². The predicted molar refractivity (Wildman–Crippen MR) is 189 cm³/mol. The molecule has 2 aromatic rings. The van der Waals surface area contributed by atoms with Crippen molar-refractivity contribution in [2.75, 3.05) is 45.9 Å². The molecule has 1 aromatic heterocycles. The normalized spacial score (nSPS) is 19.4. The van der Waals surface area contributed by atoms with Crippen LogP contribution in [-0.4, -0.2) is 125 Å². The number of carbonyl (C=O) groups excluding carboxylic acids is 6. The second-order valence-corrected chi connectivity index (χ2v) is 14.1. The van der Waals surface area contributed by atoms with Crippen LogP contribution in [0.4, 0.5) is 4.79 Å². The molecule has 0 unspecified atom stereocenters. The number of piperazine rings is 1. The summed E-state index contributed by atoms with van der Waals surface area (Å²) >= 11 is 0. The van der Waals surface area contributed by atoms with Crippen molar-refractivity contribution in [3.63, 3.8) is 0 Å². The largest absolute Gasteiger partial charge is 0.483 e. The Morgan fingerprint density at radius 2 is 1.62 bits per heavy atom. The molecule has 2 aliphatic carbocycles. The van der Waals surface area contributed by atoms with E-state index in [-0.39, 0.29) is 99.4 Å². The van der Waals surface area contributed by atoms with E-state index in [9.17, 15) is 28.8 Å². The molecular formula is C37H49N7O8. The lowest BCUT2D eigenvalue weighted by Crippen LogP contribution is -2.56. The van der Waals surface area contributed by atoms with Gasteiger partial charge in [0.1, 0.15) is 23.5 Å². The number of rotatable bonds is 13. The lowest BCUT2D eigenvalue weighted by molar-refractivity contribution is -0.140. The summed E-state index contributed by atoms with van der Waals surface area (Å²) in [7, 11) is 0. The third-order valence-electron chi connectivity index (χ3n) is 10.2. The molecule has 52 heavy (non-hydrogen) atoms. The Labute approximate surface area is 303 Å². The van der Waals surface area contributed by atoms with Crippen LogP contribution in [0, 0.1) is 6.92 Å². The van der Waals surface area contributed by atoms with Gasteiger partial charge in [0, 0.05) is 62.7 Å². The van der Waals surface area contributed by atoms with Gasteiger partial charge in [0.15, 0.2) is 6.61 Å². The first-order valence-electron chi connectivity index (χ1n) is 18.5. The van der Waals surface area contributed by atoms with E-state index >= 15 is 0 Å². The van der Waals surface area contributed by atoms with Gasteiger partial charge in [0.05, 0.1) is 12.1 Å². The summed E-state index contributed by atoms with van der Waals surface area (Å²) in [6, 6.07) is 5.69. The highest BCUT2D eigenvalue weighted by Crippen LogP contribution is 2.28. The van der Waals surface area contributed by atoms with Crippen molar-refractivity contribution >= 4 is 46.5 Å². The number of nitrogens with one attached hydrogen (secondary N) is 3. The minimum Gasteiger partial charge on any atom is -0.483 e. The minimum atomic E-state index is -1.04. The fourth-order valence-corrected chi connectivity index (χ4v) is 6.79. The molecule has 6 rings (SSSR count). The zero-order chi connectivity index (χ0) is 36.8. The summed E-state index contributed by atoms with van der Waals surface area (Å²) in [6.45, 7) is 5.05. The van der Waals surface area contributed by atoms with Crippen molar-refractivity contribution in [1.82, 2.24) is 35.6 Å². The number of fused-ring (bicyclic) bond motifs is 1. The summed E-state index contributed by atoms with van der Waals surface area (Å²) in [5.74, 6) is -1.39. The van der Waals surface area contributed by atoms with Crippen LogP contribution in [0.2, 0.25) is 0 Å². The molecule has 4 fully saturated rings. The third kappa shape index (κ3) is 9.09. The maximum Gasteiger partial charge on any atom is 0.409 e. The molecule has 1 aromatic carbocycles. The number of amides is 6. The second-order valence-electron chi connectivity index (χ2n) is 14.1. The van der Waals surface area contributed by atoms with E-state index in [1.165, 1.54) is 11.0 Å². The highest BCUT2D eigenvalue weighted by Gasteiger charge is 2.36. The Kier molecular flexibility index (Phi) is 11.8. The molecule has 2 atom stereocenters. The molecule has 2 saturated heterocycles. The Morgan fingerprint density at radius 3 is 2.31 bits per heavy atom. The number of hydrogen-bond donors (Lipinski definition) is 3. The van der Waals surface area contributed by atoms with Crippen LogP contribution in [0.15, 0.2) is 24.3 Å². The molecule has 3 N–H and O–H groups in total. The van der Waals surface area contributed by atoms with Gasteiger partial charge in [-0.1, -0.05) is 6.07 Å². The van der Waals surface area contributed by atoms with Gasteiger partial charge in [-0.3, -0.25) is 24.0 Å². The van der Waals surface area contributed by atoms with Crippen molar-refractivity contribution in [3.8, 4) is 5.75 Å². The number of ether oxygens (including phenoxy) is 2. The van der Waals surface area contributed by atoms with Crippen molar-refractivity contribution in [1.29, 1.82) is 0 Å². The van der Waals surface area contributed by atoms with E-state index < -0.39 is 24.1 Å². The standard InChI is InChI=1S/C37H49N7O8/c1-3-51-37(50)43-18-16-42(17-19-43)36(49)27(13-14-32(45)38-25-10-11-25)41-34(47)29-21-31(26-12-9-23(2)20-28(26)40-29)52-22-33(46)44-15-5-8-30(44)35(48)39-24-6-4-7-24/h9,12,20-21,24-25,27,30H,3-8,10-11,13-19,22H2,1-2H3,(H,38,45)(H,39,48)(H,41,47)/t27-,30-/m0/s1. The molecule has 4 aliphatic rings. The molecule has 2 saturated carbocycles. The van der Waals surface area contributed by atoms with E-state index in [2.05, 4.69) is 20.9 Å². The molecule has 280 valence electrons. The molecule has 0 radical (unpaired) electrons. The highest BCUT2D eigenvalue weighted by molar-refractivity contribution is 6.00. The number of benzene rings is 1. The Balaban J connectivity index is 1.16. The minimum absolute atomic E-state index is 0.0214. The number of likely N-dealkylation sites (tertiary alicyclic amines) is 1. The van der Waals surface area contributed by atoms with Crippen LogP contribution in [0.3, 0.4) is 0 Å². The highest BCUT2D eigenvalue weighted by atomic mass is 16.6. The van der Waals surface area contributed by atoms with Gasteiger partial charge in [-0.05, 0) is 82.9 Å². The van der Waals surface area contributed by atoms with Crippen molar-refractivity contribution in [2.24, 2.45) is 0 Å². The van der Waals surface area contributed by atoms with Gasteiger partial charge in [0.25, 0.3) is 11.8 Å². The quantitative estimate of drug-likeness (QED) is 0.279.